The molecule has 1 atom stereocenters. The van der Waals surface area contributed by atoms with Gasteiger partial charge in [0.05, 0.1) is 10.6 Å². The molecule has 1 heterocycles. The van der Waals surface area contributed by atoms with Gasteiger partial charge in [-0.05, 0) is 60.1 Å². The van der Waals surface area contributed by atoms with E-state index in [1.54, 1.807) is 18.2 Å². The molecule has 6 heteroatoms. The lowest BCUT2D eigenvalue weighted by molar-refractivity contribution is -0.143. The molecular formula is C13H13ClINO3. The van der Waals surface area contributed by atoms with Crippen LogP contribution in [0.3, 0.4) is 0 Å². The van der Waals surface area contributed by atoms with Gasteiger partial charge in [0.2, 0.25) is 0 Å². The Morgan fingerprint density at radius 2 is 2.11 bits per heavy atom. The number of carboxylic acids is 1. The van der Waals surface area contributed by atoms with Crippen LogP contribution in [0, 0.1) is 3.57 Å². The fourth-order valence-electron chi connectivity index (χ4n) is 2.25. The first-order valence-electron chi connectivity index (χ1n) is 5.99. The molecule has 1 aliphatic rings. The molecule has 0 radical (unpaired) electrons. The van der Waals surface area contributed by atoms with Crippen LogP contribution in [-0.4, -0.2) is 34.5 Å². The van der Waals surface area contributed by atoms with Crippen LogP contribution in [0.1, 0.15) is 29.6 Å². The molecule has 1 fully saturated rings. The summed E-state index contributed by atoms with van der Waals surface area (Å²) < 4.78 is 0.938. The lowest BCUT2D eigenvalue weighted by Gasteiger charge is -2.33. The first-order valence-corrected chi connectivity index (χ1v) is 7.45. The van der Waals surface area contributed by atoms with Gasteiger partial charge in [-0.3, -0.25) is 4.79 Å². The van der Waals surface area contributed by atoms with E-state index in [-0.39, 0.29) is 5.91 Å². The fourth-order valence-corrected chi connectivity index (χ4v) is 3.19. The van der Waals surface area contributed by atoms with Gasteiger partial charge in [0.15, 0.2) is 0 Å². The summed E-state index contributed by atoms with van der Waals surface area (Å²) in [5, 5.41) is 9.56. The second-order valence-electron chi connectivity index (χ2n) is 4.47. The number of rotatable bonds is 2. The first kappa shape index (κ1) is 14.6. The largest absolute Gasteiger partial charge is 0.480 e. The molecule has 1 saturated heterocycles. The molecule has 1 aromatic rings. The molecule has 0 spiro atoms. The number of carbonyl (C=O) groups excluding carboxylic acids is 1. The van der Waals surface area contributed by atoms with Crippen LogP contribution in [0.5, 0.6) is 0 Å². The maximum Gasteiger partial charge on any atom is 0.326 e. The molecule has 1 amide bonds. The smallest absolute Gasteiger partial charge is 0.326 e. The molecule has 1 aliphatic heterocycles. The van der Waals surface area contributed by atoms with E-state index in [1.165, 1.54) is 4.90 Å². The molecule has 1 aromatic carbocycles. The number of nitrogens with zero attached hydrogens (tertiary/aromatic N) is 1. The summed E-state index contributed by atoms with van der Waals surface area (Å²) in [6.07, 6.45) is 2.17. The van der Waals surface area contributed by atoms with Crippen LogP contribution in [0.15, 0.2) is 18.2 Å². The average molecular weight is 394 g/mol. The summed E-state index contributed by atoms with van der Waals surface area (Å²) in [5.41, 5.74) is 0.371. The molecular weight excluding hydrogens is 381 g/mol. The molecule has 2 rings (SSSR count). The third kappa shape index (κ3) is 3.20. The molecule has 0 saturated carbocycles. The van der Waals surface area contributed by atoms with Gasteiger partial charge in [0, 0.05) is 10.1 Å². The Morgan fingerprint density at radius 3 is 2.74 bits per heavy atom. The number of likely N-dealkylation sites (tertiary alicyclic amines) is 1. The van der Waals surface area contributed by atoms with Crippen LogP contribution in [-0.2, 0) is 4.79 Å². The Bertz CT molecular complexity index is 521. The highest BCUT2D eigenvalue weighted by Crippen LogP contribution is 2.25. The summed E-state index contributed by atoms with van der Waals surface area (Å²) in [7, 11) is 0. The Labute approximate surface area is 129 Å². The predicted octanol–water partition coefficient (Wildman–Crippen LogP) is 3.02. The van der Waals surface area contributed by atoms with Gasteiger partial charge in [0.1, 0.15) is 6.04 Å². The van der Waals surface area contributed by atoms with Crippen molar-refractivity contribution in [3.8, 4) is 0 Å². The van der Waals surface area contributed by atoms with E-state index in [2.05, 4.69) is 22.6 Å². The Balaban J connectivity index is 2.28. The highest BCUT2D eigenvalue weighted by molar-refractivity contribution is 14.1. The minimum Gasteiger partial charge on any atom is -0.480 e. The second-order valence-corrected chi connectivity index (χ2v) is 6.13. The van der Waals surface area contributed by atoms with E-state index in [4.69, 9.17) is 11.6 Å². The van der Waals surface area contributed by atoms with Gasteiger partial charge in [-0.1, -0.05) is 11.6 Å². The standard InChI is InChI=1S/C13H13ClINO3/c14-10-7-8(15)4-5-9(10)12(17)16-6-2-1-3-11(16)13(18)19/h4-5,7,11H,1-3,6H2,(H,18,19). The second kappa shape index (κ2) is 6.09. The maximum atomic E-state index is 12.4. The van der Waals surface area contributed by atoms with Crippen LogP contribution in [0.4, 0.5) is 0 Å². The quantitative estimate of drug-likeness (QED) is 0.786. The molecule has 1 unspecified atom stereocenters. The molecule has 0 aromatic heterocycles. The van der Waals surface area contributed by atoms with Gasteiger partial charge in [-0.25, -0.2) is 4.79 Å². The van der Waals surface area contributed by atoms with Gasteiger partial charge in [-0.15, -0.1) is 0 Å². The Kier molecular flexibility index (Phi) is 4.67. The summed E-state index contributed by atoms with van der Waals surface area (Å²) in [6.45, 7) is 0.470. The van der Waals surface area contributed by atoms with Crippen LogP contribution >= 0.6 is 34.2 Å². The lowest BCUT2D eigenvalue weighted by Crippen LogP contribution is -2.48. The molecule has 0 bridgehead atoms. The minimum atomic E-state index is -0.949. The van der Waals surface area contributed by atoms with Crippen LogP contribution in [0.25, 0.3) is 0 Å². The monoisotopic (exact) mass is 393 g/mol. The first-order chi connectivity index (χ1) is 9.00. The number of halogens is 2. The van der Waals surface area contributed by atoms with Crippen molar-refractivity contribution in [3.63, 3.8) is 0 Å². The minimum absolute atomic E-state index is 0.298. The van der Waals surface area contributed by atoms with Crippen molar-refractivity contribution in [3.05, 3.63) is 32.4 Å². The zero-order chi connectivity index (χ0) is 14.0. The summed E-state index contributed by atoms with van der Waals surface area (Å²) in [6, 6.07) is 4.41. The number of benzene rings is 1. The van der Waals surface area contributed by atoms with Crippen molar-refractivity contribution < 1.29 is 14.7 Å². The number of hydrogen-bond acceptors (Lipinski definition) is 2. The van der Waals surface area contributed by atoms with Crippen LogP contribution < -0.4 is 0 Å². The molecule has 102 valence electrons. The van der Waals surface area contributed by atoms with Gasteiger partial charge >= 0.3 is 5.97 Å². The normalized spacial score (nSPS) is 19.3. The van der Waals surface area contributed by atoms with E-state index in [0.29, 0.717) is 23.6 Å². The van der Waals surface area contributed by atoms with Crippen molar-refractivity contribution in [2.24, 2.45) is 0 Å². The predicted molar refractivity (Wildman–Crippen MR) is 80.5 cm³/mol. The van der Waals surface area contributed by atoms with Gasteiger partial charge in [-0.2, -0.15) is 0 Å². The maximum absolute atomic E-state index is 12.4. The van der Waals surface area contributed by atoms with E-state index >= 15 is 0 Å². The van der Waals surface area contributed by atoms with Crippen molar-refractivity contribution in [1.29, 1.82) is 0 Å². The van der Waals surface area contributed by atoms with Crippen molar-refractivity contribution in [2.75, 3.05) is 6.54 Å². The fraction of sp³-hybridized carbons (Fsp3) is 0.385. The highest BCUT2D eigenvalue weighted by Gasteiger charge is 2.33. The van der Waals surface area contributed by atoms with Crippen LogP contribution in [0.2, 0.25) is 5.02 Å². The summed E-state index contributed by atoms with van der Waals surface area (Å²) in [5.74, 6) is -1.25. The molecule has 0 aliphatic carbocycles. The number of hydrogen-bond donors (Lipinski definition) is 1. The molecule has 4 nitrogen and oxygen atoms in total. The Morgan fingerprint density at radius 1 is 1.37 bits per heavy atom. The third-order valence-corrected chi connectivity index (χ3v) is 4.19. The van der Waals surface area contributed by atoms with E-state index in [1.807, 2.05) is 0 Å². The summed E-state index contributed by atoms with van der Waals surface area (Å²) in [4.78, 5) is 25.1. The number of amides is 1. The number of piperidine rings is 1. The highest BCUT2D eigenvalue weighted by atomic mass is 127. The average Bonchev–Trinajstić information content (AvgIpc) is 2.38. The SMILES string of the molecule is O=C(O)C1CCCCN1C(=O)c1ccc(I)cc1Cl. The van der Waals surface area contributed by atoms with E-state index in [9.17, 15) is 14.7 Å². The summed E-state index contributed by atoms with van der Waals surface area (Å²) >= 11 is 8.18. The Hall–Kier alpha value is -0.820. The van der Waals surface area contributed by atoms with Crippen molar-refractivity contribution >= 4 is 46.1 Å². The van der Waals surface area contributed by atoms with Crippen molar-refractivity contribution in [1.82, 2.24) is 4.90 Å². The third-order valence-electron chi connectivity index (χ3n) is 3.21. The zero-order valence-corrected chi connectivity index (χ0v) is 13.0. The number of carboxylic acid groups (broad SMARTS) is 1. The lowest BCUT2D eigenvalue weighted by atomic mass is 10.0. The number of carbonyl (C=O) groups is 2. The van der Waals surface area contributed by atoms with Gasteiger partial charge in [0.25, 0.3) is 5.91 Å². The van der Waals surface area contributed by atoms with E-state index in [0.717, 1.165) is 16.4 Å². The molecule has 19 heavy (non-hydrogen) atoms. The number of aliphatic carboxylic acids is 1. The van der Waals surface area contributed by atoms with Crippen molar-refractivity contribution in [2.45, 2.75) is 25.3 Å². The molecule has 1 N–H and O–H groups in total. The van der Waals surface area contributed by atoms with E-state index < -0.39 is 12.0 Å². The topological polar surface area (TPSA) is 57.6 Å². The zero-order valence-electron chi connectivity index (χ0n) is 10.1. The van der Waals surface area contributed by atoms with Gasteiger partial charge < -0.3 is 10.0 Å².